The van der Waals surface area contributed by atoms with E-state index in [9.17, 15) is 4.21 Å². The molecule has 0 aromatic carbocycles. The Labute approximate surface area is 94.2 Å². The molecule has 0 radical (unpaired) electrons. The van der Waals surface area contributed by atoms with Crippen molar-refractivity contribution in [3.63, 3.8) is 0 Å². The molecule has 0 spiro atoms. The molecule has 4 nitrogen and oxygen atoms in total. The van der Waals surface area contributed by atoms with Crippen LogP contribution in [0.25, 0.3) is 0 Å². The van der Waals surface area contributed by atoms with Crippen molar-refractivity contribution in [3.05, 3.63) is 0 Å². The SMILES string of the molecule is COCC(CNC1CCS(=O)CC1)OC. The van der Waals surface area contributed by atoms with Gasteiger partial charge in [-0.3, -0.25) is 4.21 Å². The number of nitrogens with one attached hydrogen (secondary N) is 1. The zero-order chi connectivity index (χ0) is 11.1. The van der Waals surface area contributed by atoms with Gasteiger partial charge in [0.1, 0.15) is 0 Å². The first kappa shape index (κ1) is 13.1. The van der Waals surface area contributed by atoms with Crippen LogP contribution in [0.4, 0.5) is 0 Å². The number of ether oxygens (including phenoxy) is 2. The lowest BCUT2D eigenvalue weighted by Gasteiger charge is -2.24. The van der Waals surface area contributed by atoms with E-state index in [1.54, 1.807) is 14.2 Å². The summed E-state index contributed by atoms with van der Waals surface area (Å²) in [5, 5.41) is 3.44. The van der Waals surface area contributed by atoms with E-state index in [0.717, 1.165) is 30.9 Å². The van der Waals surface area contributed by atoms with E-state index in [0.29, 0.717) is 12.6 Å². The van der Waals surface area contributed by atoms with Crippen molar-refractivity contribution in [2.45, 2.75) is 25.0 Å². The molecule has 1 N–H and O–H groups in total. The molecule has 1 fully saturated rings. The lowest BCUT2D eigenvalue weighted by atomic mass is 10.1. The summed E-state index contributed by atoms with van der Waals surface area (Å²) >= 11 is 0. The van der Waals surface area contributed by atoms with Gasteiger partial charge in [-0.1, -0.05) is 0 Å². The molecule has 0 aliphatic carbocycles. The van der Waals surface area contributed by atoms with Crippen LogP contribution in [0.1, 0.15) is 12.8 Å². The molecule has 0 amide bonds. The molecule has 15 heavy (non-hydrogen) atoms. The van der Waals surface area contributed by atoms with Crippen LogP contribution >= 0.6 is 0 Å². The van der Waals surface area contributed by atoms with Crippen molar-refractivity contribution < 1.29 is 13.7 Å². The van der Waals surface area contributed by atoms with Crippen molar-refractivity contribution >= 4 is 10.8 Å². The molecule has 0 saturated carbocycles. The number of rotatable bonds is 6. The fourth-order valence-corrected chi connectivity index (χ4v) is 2.99. The Bertz CT molecular complexity index is 191. The van der Waals surface area contributed by atoms with Crippen LogP contribution in [-0.4, -0.2) is 55.2 Å². The Morgan fingerprint density at radius 1 is 1.40 bits per heavy atom. The maximum absolute atomic E-state index is 11.1. The first-order chi connectivity index (χ1) is 7.26. The predicted octanol–water partition coefficient (Wildman–Crippen LogP) is 0.149. The molecule has 1 heterocycles. The zero-order valence-electron chi connectivity index (χ0n) is 9.53. The maximum Gasteiger partial charge on any atom is 0.0928 e. The summed E-state index contributed by atoms with van der Waals surface area (Å²) < 4.78 is 21.4. The Balaban J connectivity index is 2.15. The molecule has 0 aromatic rings. The van der Waals surface area contributed by atoms with Crippen molar-refractivity contribution in [2.24, 2.45) is 0 Å². The Morgan fingerprint density at radius 2 is 2.07 bits per heavy atom. The summed E-state index contributed by atoms with van der Waals surface area (Å²) in [7, 11) is 2.80. The summed E-state index contributed by atoms with van der Waals surface area (Å²) in [6, 6.07) is 0.497. The second-order valence-corrected chi connectivity index (χ2v) is 5.54. The smallest absolute Gasteiger partial charge is 0.0928 e. The van der Waals surface area contributed by atoms with E-state index in [-0.39, 0.29) is 6.10 Å². The highest BCUT2D eigenvalue weighted by Crippen LogP contribution is 2.09. The van der Waals surface area contributed by atoms with Gasteiger partial charge < -0.3 is 14.8 Å². The molecule has 90 valence electrons. The van der Waals surface area contributed by atoms with Crippen molar-refractivity contribution in [1.82, 2.24) is 5.32 Å². The van der Waals surface area contributed by atoms with Crippen LogP contribution in [0.15, 0.2) is 0 Å². The highest BCUT2D eigenvalue weighted by molar-refractivity contribution is 7.85. The van der Waals surface area contributed by atoms with Crippen LogP contribution < -0.4 is 5.32 Å². The topological polar surface area (TPSA) is 47.6 Å². The number of hydrogen-bond acceptors (Lipinski definition) is 4. The van der Waals surface area contributed by atoms with Crippen LogP contribution in [0.3, 0.4) is 0 Å². The predicted molar refractivity (Wildman–Crippen MR) is 61.6 cm³/mol. The van der Waals surface area contributed by atoms with Gasteiger partial charge in [0.2, 0.25) is 0 Å². The quantitative estimate of drug-likeness (QED) is 0.712. The molecular weight excluding hydrogens is 214 g/mol. The molecule has 1 aliphatic heterocycles. The summed E-state index contributed by atoms with van der Waals surface area (Å²) in [4.78, 5) is 0. The highest BCUT2D eigenvalue weighted by Gasteiger charge is 2.18. The zero-order valence-corrected chi connectivity index (χ0v) is 10.3. The average molecular weight is 235 g/mol. The van der Waals surface area contributed by atoms with Gasteiger partial charge in [0, 0.05) is 49.1 Å². The largest absolute Gasteiger partial charge is 0.382 e. The maximum atomic E-state index is 11.1. The highest BCUT2D eigenvalue weighted by atomic mass is 32.2. The number of hydrogen-bond donors (Lipinski definition) is 1. The molecule has 0 aromatic heterocycles. The molecule has 0 bridgehead atoms. The van der Waals surface area contributed by atoms with E-state index in [1.807, 2.05) is 0 Å². The summed E-state index contributed by atoms with van der Waals surface area (Å²) in [6.45, 7) is 1.42. The third kappa shape index (κ3) is 5.06. The monoisotopic (exact) mass is 235 g/mol. The van der Waals surface area contributed by atoms with Crippen LogP contribution in [-0.2, 0) is 20.3 Å². The van der Waals surface area contributed by atoms with Crippen molar-refractivity contribution in [2.75, 3.05) is 38.9 Å². The van der Waals surface area contributed by atoms with Crippen LogP contribution in [0.5, 0.6) is 0 Å². The van der Waals surface area contributed by atoms with Gasteiger partial charge in [0.25, 0.3) is 0 Å². The van der Waals surface area contributed by atoms with Crippen molar-refractivity contribution in [3.8, 4) is 0 Å². The first-order valence-electron chi connectivity index (χ1n) is 5.36. The minimum Gasteiger partial charge on any atom is -0.382 e. The van der Waals surface area contributed by atoms with Gasteiger partial charge in [-0.2, -0.15) is 0 Å². The van der Waals surface area contributed by atoms with Crippen LogP contribution in [0.2, 0.25) is 0 Å². The summed E-state index contributed by atoms with van der Waals surface area (Å²) in [5.74, 6) is 1.67. The third-order valence-corrected chi connectivity index (χ3v) is 4.09. The minimum atomic E-state index is -0.576. The lowest BCUT2D eigenvalue weighted by Crippen LogP contribution is -2.41. The van der Waals surface area contributed by atoms with E-state index in [2.05, 4.69) is 5.32 Å². The van der Waals surface area contributed by atoms with Crippen molar-refractivity contribution in [1.29, 1.82) is 0 Å². The molecule has 1 rings (SSSR count). The first-order valence-corrected chi connectivity index (χ1v) is 6.85. The van der Waals surface area contributed by atoms with E-state index in [1.165, 1.54) is 0 Å². The molecule has 5 heteroatoms. The van der Waals surface area contributed by atoms with Gasteiger partial charge in [-0.15, -0.1) is 0 Å². The molecule has 1 saturated heterocycles. The fourth-order valence-electron chi connectivity index (χ4n) is 1.69. The van der Waals surface area contributed by atoms with Crippen LogP contribution in [0, 0.1) is 0 Å². The second-order valence-electron chi connectivity index (χ2n) is 3.84. The fraction of sp³-hybridized carbons (Fsp3) is 1.00. The average Bonchev–Trinajstić information content (AvgIpc) is 2.26. The van der Waals surface area contributed by atoms with E-state index < -0.39 is 10.8 Å². The standard InChI is InChI=1S/C10H21NO3S/c1-13-8-10(14-2)7-11-9-3-5-15(12)6-4-9/h9-11H,3-8H2,1-2H3. The van der Waals surface area contributed by atoms with Gasteiger partial charge in [0.15, 0.2) is 0 Å². The Kier molecular flexibility index (Phi) is 6.40. The van der Waals surface area contributed by atoms with Gasteiger partial charge in [-0.05, 0) is 12.8 Å². The normalized spacial score (nSPS) is 28.9. The van der Waals surface area contributed by atoms with Gasteiger partial charge in [-0.25, -0.2) is 0 Å². The summed E-state index contributed by atoms with van der Waals surface area (Å²) in [5.41, 5.74) is 0. The van der Waals surface area contributed by atoms with E-state index in [4.69, 9.17) is 9.47 Å². The molecule has 1 aliphatic rings. The molecule has 1 atom stereocenters. The number of methoxy groups -OCH3 is 2. The molecular formula is C10H21NO3S. The van der Waals surface area contributed by atoms with E-state index >= 15 is 0 Å². The third-order valence-electron chi connectivity index (χ3n) is 2.71. The van der Waals surface area contributed by atoms with Gasteiger partial charge >= 0.3 is 0 Å². The minimum absolute atomic E-state index is 0.113. The van der Waals surface area contributed by atoms with Gasteiger partial charge in [0.05, 0.1) is 12.7 Å². The lowest BCUT2D eigenvalue weighted by molar-refractivity contribution is 0.0272. The Hall–Kier alpha value is 0.0300. The Morgan fingerprint density at radius 3 is 2.60 bits per heavy atom. The summed E-state index contributed by atoms with van der Waals surface area (Å²) in [6.07, 6.45) is 2.13. The second kappa shape index (κ2) is 7.33. The molecule has 1 unspecified atom stereocenters.